The zero-order valence-corrected chi connectivity index (χ0v) is 21.4. The molecule has 1 amide bonds. The van der Waals surface area contributed by atoms with Crippen LogP contribution in [-0.4, -0.2) is 53.0 Å². The molecule has 1 fully saturated rings. The van der Waals surface area contributed by atoms with Crippen LogP contribution in [0.15, 0.2) is 78.2 Å². The van der Waals surface area contributed by atoms with Gasteiger partial charge in [-0.1, -0.05) is 72.3 Å². The lowest BCUT2D eigenvalue weighted by Gasteiger charge is -2.36. The number of ether oxygens (including phenoxy) is 1. The molecule has 1 saturated heterocycles. The molecule has 1 aromatic heterocycles. The fraction of sp³-hybridized carbons (Fsp3) is 0.250. The molecule has 3 aromatic rings. The fourth-order valence-electron chi connectivity index (χ4n) is 5.06. The molecule has 4 rings (SSSR count). The van der Waals surface area contributed by atoms with Crippen LogP contribution >= 0.6 is 22.9 Å². The number of ketones is 1. The van der Waals surface area contributed by atoms with Crippen LogP contribution in [0, 0.1) is 5.92 Å². The van der Waals surface area contributed by atoms with Gasteiger partial charge in [0.05, 0.1) is 12.0 Å². The Hall–Kier alpha value is -3.26. The highest BCUT2D eigenvalue weighted by Gasteiger charge is 2.64. The van der Waals surface area contributed by atoms with E-state index in [2.05, 4.69) is 0 Å². The maximum atomic E-state index is 14.1. The van der Waals surface area contributed by atoms with Gasteiger partial charge in [-0.3, -0.25) is 9.59 Å². The maximum absolute atomic E-state index is 14.1. The molecule has 1 aliphatic rings. The molecule has 4 unspecified atom stereocenters. The molecule has 0 radical (unpaired) electrons. The van der Waals surface area contributed by atoms with Crippen molar-refractivity contribution >= 4 is 46.7 Å². The number of amides is 1. The van der Waals surface area contributed by atoms with Gasteiger partial charge in [-0.25, -0.2) is 4.79 Å². The number of thiophene rings is 1. The minimum Gasteiger partial charge on any atom is -0.479 e. The van der Waals surface area contributed by atoms with E-state index in [1.165, 1.54) is 30.3 Å². The second-order valence-electron chi connectivity index (χ2n) is 8.80. The zero-order valence-electron chi connectivity index (χ0n) is 19.8. The van der Waals surface area contributed by atoms with Crippen LogP contribution in [0.4, 0.5) is 0 Å². The molecule has 8 heteroatoms. The largest absolute Gasteiger partial charge is 0.479 e. The summed E-state index contributed by atoms with van der Waals surface area (Å²) in [5, 5.41) is 12.8. The van der Waals surface area contributed by atoms with Crippen molar-refractivity contribution < 1.29 is 24.2 Å². The van der Waals surface area contributed by atoms with Crippen molar-refractivity contribution in [2.24, 2.45) is 5.92 Å². The lowest BCUT2D eigenvalue weighted by Crippen LogP contribution is -2.56. The third-order valence-electron chi connectivity index (χ3n) is 6.65. The fourth-order valence-corrected chi connectivity index (χ4v) is 6.25. The summed E-state index contributed by atoms with van der Waals surface area (Å²) < 4.78 is 5.11. The molecule has 4 atom stereocenters. The number of nitrogens with zero attached hydrogens (tertiary/aromatic N) is 1. The Kier molecular flexibility index (Phi) is 7.73. The summed E-state index contributed by atoms with van der Waals surface area (Å²) in [7, 11) is 1.38. The van der Waals surface area contributed by atoms with Gasteiger partial charge >= 0.3 is 5.97 Å². The average Bonchev–Trinajstić information content (AvgIpc) is 3.47. The third-order valence-corrected chi connectivity index (χ3v) is 7.84. The molecule has 0 saturated carbocycles. The summed E-state index contributed by atoms with van der Waals surface area (Å²) in [5.74, 6) is -3.64. The van der Waals surface area contributed by atoms with Crippen LogP contribution in [-0.2, 0) is 14.3 Å². The van der Waals surface area contributed by atoms with Crippen molar-refractivity contribution in [1.29, 1.82) is 0 Å². The van der Waals surface area contributed by atoms with E-state index in [4.69, 9.17) is 16.3 Å². The second kappa shape index (κ2) is 10.8. The van der Waals surface area contributed by atoms with Gasteiger partial charge < -0.3 is 14.7 Å². The molecule has 6 nitrogen and oxygen atoms in total. The van der Waals surface area contributed by atoms with Gasteiger partial charge in [-0.2, -0.15) is 0 Å². The summed E-state index contributed by atoms with van der Waals surface area (Å²) in [6, 6.07) is 18.8. The van der Waals surface area contributed by atoms with Crippen molar-refractivity contribution in [3.05, 3.63) is 99.2 Å². The van der Waals surface area contributed by atoms with E-state index in [-0.39, 0.29) is 12.4 Å². The Bertz CT molecular complexity index is 1280. The summed E-state index contributed by atoms with van der Waals surface area (Å²) in [4.78, 5) is 42.5. The topological polar surface area (TPSA) is 83.9 Å². The van der Waals surface area contributed by atoms with Crippen molar-refractivity contribution in [2.75, 3.05) is 13.7 Å². The first-order valence-corrected chi connectivity index (χ1v) is 12.7. The van der Waals surface area contributed by atoms with Crippen LogP contribution in [0.2, 0.25) is 5.02 Å². The Morgan fingerprint density at radius 3 is 2.47 bits per heavy atom. The van der Waals surface area contributed by atoms with E-state index in [9.17, 15) is 19.5 Å². The van der Waals surface area contributed by atoms with Crippen molar-refractivity contribution in [2.45, 2.75) is 24.4 Å². The van der Waals surface area contributed by atoms with E-state index in [0.29, 0.717) is 15.5 Å². The zero-order chi connectivity index (χ0) is 25.9. The first-order chi connectivity index (χ1) is 17.3. The molecule has 2 heterocycles. The number of carbonyl (C=O) groups excluding carboxylic acids is 2. The molecular formula is C28H26ClNO5S. The highest BCUT2D eigenvalue weighted by Crippen LogP contribution is 2.52. The molecule has 0 spiro atoms. The van der Waals surface area contributed by atoms with E-state index >= 15 is 0 Å². The Morgan fingerprint density at radius 1 is 1.11 bits per heavy atom. The lowest BCUT2D eigenvalue weighted by atomic mass is 9.75. The number of hydrogen-bond donors (Lipinski definition) is 1. The molecule has 1 aliphatic heterocycles. The molecular weight excluding hydrogens is 498 g/mol. The van der Waals surface area contributed by atoms with Crippen molar-refractivity contribution in [1.82, 2.24) is 4.90 Å². The normalized spacial score (nSPS) is 23.8. The first-order valence-electron chi connectivity index (χ1n) is 11.4. The van der Waals surface area contributed by atoms with Crippen LogP contribution in [0.1, 0.15) is 33.6 Å². The number of rotatable bonds is 8. The standard InChI is InChI=1S/C28H26ClNO5S/c1-28(27(33)34)25(22-12-7-15-36-22)24(26(32)19-10-6-11-20(29)16-19)21(30(28)23(31)17-35-2)14-13-18-8-4-3-5-9-18/h3-16,21,24-25H,17H2,1-2H3,(H,33,34). The molecule has 0 bridgehead atoms. The quantitative estimate of drug-likeness (QED) is 0.400. The molecule has 36 heavy (non-hydrogen) atoms. The van der Waals surface area contributed by atoms with E-state index in [1.54, 1.807) is 30.3 Å². The van der Waals surface area contributed by atoms with Gasteiger partial charge in [0, 0.05) is 28.5 Å². The molecule has 186 valence electrons. The van der Waals surface area contributed by atoms with E-state index < -0.39 is 35.3 Å². The number of Topliss-reactive ketones (excluding diaryl/α,β-unsaturated/α-hetero) is 1. The number of likely N-dealkylation sites (tertiary alicyclic amines) is 1. The Morgan fingerprint density at radius 2 is 1.86 bits per heavy atom. The number of benzene rings is 2. The number of methoxy groups -OCH3 is 1. The molecule has 1 N–H and O–H groups in total. The van der Waals surface area contributed by atoms with Crippen LogP contribution in [0.25, 0.3) is 6.08 Å². The van der Waals surface area contributed by atoms with E-state index in [0.717, 1.165) is 5.56 Å². The third kappa shape index (κ3) is 4.74. The molecule has 0 aliphatic carbocycles. The second-order valence-corrected chi connectivity index (χ2v) is 10.2. The monoisotopic (exact) mass is 523 g/mol. The van der Waals surface area contributed by atoms with Crippen LogP contribution in [0.5, 0.6) is 0 Å². The van der Waals surface area contributed by atoms with Crippen LogP contribution in [0.3, 0.4) is 0 Å². The summed E-state index contributed by atoms with van der Waals surface area (Å²) >= 11 is 7.56. The summed E-state index contributed by atoms with van der Waals surface area (Å²) in [5.41, 5.74) is -0.478. The van der Waals surface area contributed by atoms with Gasteiger partial charge in [0.15, 0.2) is 5.78 Å². The van der Waals surface area contributed by atoms with Gasteiger partial charge in [0.2, 0.25) is 5.91 Å². The minimum atomic E-state index is -1.70. The number of halogens is 1. The number of carbonyl (C=O) groups is 3. The van der Waals surface area contributed by atoms with Gasteiger partial charge in [0.25, 0.3) is 0 Å². The highest BCUT2D eigenvalue weighted by atomic mass is 35.5. The predicted molar refractivity (Wildman–Crippen MR) is 140 cm³/mol. The minimum absolute atomic E-state index is 0.279. The number of carboxylic acid groups (broad SMARTS) is 1. The SMILES string of the molecule is COCC(=O)N1C(C=Cc2ccccc2)C(C(=O)c2cccc(Cl)c2)C(c2cccs2)C1(C)C(=O)O. The van der Waals surface area contributed by atoms with Crippen molar-refractivity contribution in [3.8, 4) is 0 Å². The maximum Gasteiger partial charge on any atom is 0.330 e. The molecule has 2 aromatic carbocycles. The Balaban J connectivity index is 1.95. The number of carboxylic acids is 1. The first kappa shape index (κ1) is 25.8. The summed E-state index contributed by atoms with van der Waals surface area (Å²) in [6.07, 6.45) is 3.57. The smallest absolute Gasteiger partial charge is 0.330 e. The summed E-state index contributed by atoms with van der Waals surface area (Å²) in [6.45, 7) is 1.20. The number of hydrogen-bond acceptors (Lipinski definition) is 5. The Labute approximate surface area is 218 Å². The van der Waals surface area contributed by atoms with Gasteiger partial charge in [0.1, 0.15) is 12.1 Å². The van der Waals surface area contributed by atoms with Crippen molar-refractivity contribution in [3.63, 3.8) is 0 Å². The lowest BCUT2D eigenvalue weighted by molar-refractivity contribution is -0.158. The average molecular weight is 524 g/mol. The highest BCUT2D eigenvalue weighted by molar-refractivity contribution is 7.10. The van der Waals surface area contributed by atoms with Crippen LogP contribution < -0.4 is 0 Å². The number of aliphatic carboxylic acids is 1. The van der Waals surface area contributed by atoms with E-state index in [1.807, 2.05) is 53.9 Å². The van der Waals surface area contributed by atoms with Gasteiger partial charge in [-0.05, 0) is 36.1 Å². The predicted octanol–water partition coefficient (Wildman–Crippen LogP) is 5.40. The van der Waals surface area contributed by atoms with Gasteiger partial charge in [-0.15, -0.1) is 11.3 Å².